The smallest absolute Gasteiger partial charge is 0.0802 e. The van der Waals surface area contributed by atoms with Crippen LogP contribution < -0.4 is 5.32 Å². The van der Waals surface area contributed by atoms with Crippen LogP contribution in [-0.4, -0.2) is 25.3 Å². The summed E-state index contributed by atoms with van der Waals surface area (Å²) < 4.78 is 6.88. The zero-order chi connectivity index (χ0) is 13.3. The largest absolute Gasteiger partial charge is 0.377 e. The van der Waals surface area contributed by atoms with E-state index in [1.165, 1.54) is 47.7 Å². The molecule has 2 aliphatic carbocycles. The molecule has 0 amide bonds. The number of fused-ring (bicyclic) bond motifs is 1. The minimum Gasteiger partial charge on any atom is -0.377 e. The van der Waals surface area contributed by atoms with Gasteiger partial charge in [-0.3, -0.25) is 0 Å². The van der Waals surface area contributed by atoms with Crippen molar-refractivity contribution in [1.29, 1.82) is 0 Å². The predicted octanol–water partition coefficient (Wildman–Crippen LogP) is 3.47. The summed E-state index contributed by atoms with van der Waals surface area (Å²) in [6.07, 6.45) is 7.33. The molecule has 0 aliphatic heterocycles. The summed E-state index contributed by atoms with van der Waals surface area (Å²) in [6.45, 7) is 1.01. The molecule has 1 unspecified atom stereocenters. The average molecular weight is 324 g/mol. The first kappa shape index (κ1) is 13.6. The number of nitrogens with one attached hydrogen (secondary N) is 1. The zero-order valence-electron chi connectivity index (χ0n) is 11.5. The van der Waals surface area contributed by atoms with Crippen LogP contribution in [0, 0.1) is 0 Å². The minimum atomic E-state index is 0.139. The standard InChI is InChI=1S/C16H22BrNO/c1-19-16(7-2-8-16)11-18-15-6-4-12-9-14(17)5-3-13(12)10-15/h3,5,9,15,18H,2,4,6-8,10-11H2,1H3. The number of hydrogen-bond donors (Lipinski definition) is 1. The lowest BCUT2D eigenvalue weighted by molar-refractivity contribution is -0.0710. The molecule has 3 rings (SSSR count). The molecule has 1 fully saturated rings. The van der Waals surface area contributed by atoms with Crippen LogP contribution in [0.2, 0.25) is 0 Å². The van der Waals surface area contributed by atoms with E-state index in [2.05, 4.69) is 39.4 Å². The van der Waals surface area contributed by atoms with E-state index in [1.54, 1.807) is 0 Å². The van der Waals surface area contributed by atoms with Gasteiger partial charge >= 0.3 is 0 Å². The molecule has 1 atom stereocenters. The van der Waals surface area contributed by atoms with Crippen molar-refractivity contribution >= 4 is 15.9 Å². The quantitative estimate of drug-likeness (QED) is 0.916. The minimum absolute atomic E-state index is 0.139. The van der Waals surface area contributed by atoms with Crippen molar-refractivity contribution in [2.75, 3.05) is 13.7 Å². The number of benzene rings is 1. The normalized spacial score (nSPS) is 24.6. The molecule has 1 aromatic rings. The van der Waals surface area contributed by atoms with E-state index in [4.69, 9.17) is 4.74 Å². The number of hydrogen-bond acceptors (Lipinski definition) is 2. The Kier molecular flexibility index (Phi) is 3.97. The molecule has 0 heterocycles. The summed E-state index contributed by atoms with van der Waals surface area (Å²) in [4.78, 5) is 0. The van der Waals surface area contributed by atoms with Gasteiger partial charge in [0.1, 0.15) is 0 Å². The van der Waals surface area contributed by atoms with Crippen molar-refractivity contribution in [3.63, 3.8) is 0 Å². The highest BCUT2D eigenvalue weighted by atomic mass is 79.9. The summed E-state index contributed by atoms with van der Waals surface area (Å²) >= 11 is 3.56. The van der Waals surface area contributed by atoms with Gasteiger partial charge in [-0.1, -0.05) is 22.0 Å². The molecule has 2 nitrogen and oxygen atoms in total. The average Bonchev–Trinajstić information content (AvgIpc) is 2.38. The molecule has 3 heteroatoms. The fourth-order valence-electron chi connectivity index (χ4n) is 3.25. The van der Waals surface area contributed by atoms with Gasteiger partial charge in [0.15, 0.2) is 0 Å². The predicted molar refractivity (Wildman–Crippen MR) is 81.5 cm³/mol. The Labute approximate surface area is 124 Å². The van der Waals surface area contributed by atoms with Gasteiger partial charge in [-0.05, 0) is 61.8 Å². The maximum Gasteiger partial charge on any atom is 0.0802 e. The van der Waals surface area contributed by atoms with Crippen molar-refractivity contribution in [3.05, 3.63) is 33.8 Å². The van der Waals surface area contributed by atoms with E-state index in [9.17, 15) is 0 Å². The Morgan fingerprint density at radius 1 is 1.37 bits per heavy atom. The molecule has 1 N–H and O–H groups in total. The second-order valence-corrected chi connectivity index (χ2v) is 6.89. The van der Waals surface area contributed by atoms with Gasteiger partial charge in [0, 0.05) is 24.2 Å². The number of ether oxygens (including phenoxy) is 1. The van der Waals surface area contributed by atoms with Crippen LogP contribution in [0.25, 0.3) is 0 Å². The van der Waals surface area contributed by atoms with Gasteiger partial charge in [0.05, 0.1) is 5.60 Å². The third-order valence-corrected chi connectivity index (χ3v) is 5.30. The van der Waals surface area contributed by atoms with E-state index >= 15 is 0 Å². The van der Waals surface area contributed by atoms with Crippen LogP contribution in [0.3, 0.4) is 0 Å². The lowest BCUT2D eigenvalue weighted by Gasteiger charge is -2.42. The van der Waals surface area contributed by atoms with Crippen LogP contribution in [0.5, 0.6) is 0 Å². The summed E-state index contributed by atoms with van der Waals surface area (Å²) in [5.41, 5.74) is 3.16. The van der Waals surface area contributed by atoms with E-state index < -0.39 is 0 Å². The maximum absolute atomic E-state index is 5.68. The maximum atomic E-state index is 5.68. The van der Waals surface area contributed by atoms with Gasteiger partial charge < -0.3 is 10.1 Å². The van der Waals surface area contributed by atoms with Crippen LogP contribution in [-0.2, 0) is 17.6 Å². The molecule has 0 radical (unpaired) electrons. The second kappa shape index (κ2) is 5.55. The number of halogens is 1. The third kappa shape index (κ3) is 2.88. The first-order valence-electron chi connectivity index (χ1n) is 7.27. The molecule has 0 saturated heterocycles. The first-order chi connectivity index (χ1) is 9.21. The van der Waals surface area contributed by atoms with Crippen molar-refractivity contribution in [2.45, 2.75) is 50.2 Å². The molecule has 1 saturated carbocycles. The van der Waals surface area contributed by atoms with Crippen molar-refractivity contribution in [3.8, 4) is 0 Å². The van der Waals surface area contributed by atoms with E-state index in [1.807, 2.05) is 7.11 Å². The third-order valence-electron chi connectivity index (χ3n) is 4.81. The molecule has 104 valence electrons. The van der Waals surface area contributed by atoms with Crippen LogP contribution in [0.1, 0.15) is 36.8 Å². The van der Waals surface area contributed by atoms with Crippen LogP contribution >= 0.6 is 15.9 Å². The lowest BCUT2D eigenvalue weighted by atomic mass is 9.79. The molecule has 0 aromatic heterocycles. The van der Waals surface area contributed by atoms with E-state index in [0.717, 1.165) is 13.0 Å². The highest BCUT2D eigenvalue weighted by molar-refractivity contribution is 9.10. The van der Waals surface area contributed by atoms with Crippen molar-refractivity contribution in [2.24, 2.45) is 0 Å². The highest BCUT2D eigenvalue weighted by Crippen LogP contribution is 2.34. The Morgan fingerprint density at radius 2 is 2.21 bits per heavy atom. The zero-order valence-corrected chi connectivity index (χ0v) is 13.1. The molecule has 1 aromatic carbocycles. The molecule has 0 bridgehead atoms. The Morgan fingerprint density at radius 3 is 2.89 bits per heavy atom. The Balaban J connectivity index is 1.58. The molecule has 2 aliphatic rings. The number of rotatable bonds is 4. The van der Waals surface area contributed by atoms with Crippen molar-refractivity contribution in [1.82, 2.24) is 5.32 Å². The highest BCUT2D eigenvalue weighted by Gasteiger charge is 2.37. The van der Waals surface area contributed by atoms with Gasteiger partial charge in [-0.15, -0.1) is 0 Å². The van der Waals surface area contributed by atoms with Gasteiger partial charge in [-0.2, -0.15) is 0 Å². The SMILES string of the molecule is COC1(CNC2CCc3cc(Br)ccc3C2)CCC1. The topological polar surface area (TPSA) is 21.3 Å². The van der Waals surface area contributed by atoms with E-state index in [-0.39, 0.29) is 5.60 Å². The number of aryl methyl sites for hydroxylation is 1. The summed E-state index contributed by atoms with van der Waals surface area (Å²) in [7, 11) is 1.86. The van der Waals surface area contributed by atoms with Crippen LogP contribution in [0.4, 0.5) is 0 Å². The lowest BCUT2D eigenvalue weighted by Crippen LogP contribution is -2.51. The monoisotopic (exact) mass is 323 g/mol. The summed E-state index contributed by atoms with van der Waals surface area (Å²) in [5.74, 6) is 0. The van der Waals surface area contributed by atoms with Crippen LogP contribution in [0.15, 0.2) is 22.7 Å². The van der Waals surface area contributed by atoms with Gasteiger partial charge in [-0.25, -0.2) is 0 Å². The number of methoxy groups -OCH3 is 1. The fraction of sp³-hybridized carbons (Fsp3) is 0.625. The molecular formula is C16H22BrNO. The van der Waals surface area contributed by atoms with Crippen molar-refractivity contribution < 1.29 is 4.74 Å². The molecular weight excluding hydrogens is 302 g/mol. The van der Waals surface area contributed by atoms with Gasteiger partial charge in [0.25, 0.3) is 0 Å². The van der Waals surface area contributed by atoms with E-state index in [0.29, 0.717) is 6.04 Å². The first-order valence-corrected chi connectivity index (χ1v) is 8.06. The second-order valence-electron chi connectivity index (χ2n) is 5.97. The summed E-state index contributed by atoms with van der Waals surface area (Å²) in [6, 6.07) is 7.31. The molecule has 19 heavy (non-hydrogen) atoms. The van der Waals surface area contributed by atoms with Gasteiger partial charge in [0.2, 0.25) is 0 Å². The molecule has 0 spiro atoms. The summed E-state index contributed by atoms with van der Waals surface area (Å²) in [5, 5.41) is 3.73. The fourth-order valence-corrected chi connectivity index (χ4v) is 3.66. The Bertz CT molecular complexity index is 451. The Hall–Kier alpha value is -0.380.